The van der Waals surface area contributed by atoms with Crippen molar-refractivity contribution in [3.63, 3.8) is 0 Å². The molecule has 0 atom stereocenters. The molecule has 2 aliphatic rings. The Morgan fingerprint density at radius 1 is 0.895 bits per heavy atom. The third-order valence-corrected chi connectivity index (χ3v) is 5.05. The van der Waals surface area contributed by atoms with Crippen molar-refractivity contribution >= 4 is 7.12 Å². The first-order valence-corrected chi connectivity index (χ1v) is 7.58. The minimum absolute atomic E-state index is 0.277. The molecule has 2 fully saturated rings. The van der Waals surface area contributed by atoms with Gasteiger partial charge in [0.05, 0.1) is 11.2 Å². The topological polar surface area (TPSA) is 18.5 Å². The maximum absolute atomic E-state index is 5.89. The highest BCUT2D eigenvalue weighted by Gasteiger charge is 2.50. The summed E-state index contributed by atoms with van der Waals surface area (Å²) in [6.45, 7) is 10.6. The van der Waals surface area contributed by atoms with Crippen molar-refractivity contribution in [3.8, 4) is 11.7 Å². The Morgan fingerprint density at radius 2 is 1.42 bits per heavy atom. The number of hydrogen-bond acceptors (Lipinski definition) is 2. The molecule has 1 aliphatic carbocycles. The molecule has 19 heavy (non-hydrogen) atoms. The van der Waals surface area contributed by atoms with E-state index in [1.807, 2.05) is 0 Å². The smallest absolute Gasteiger partial charge is 0.392 e. The summed E-state index contributed by atoms with van der Waals surface area (Å²) in [4.78, 5) is 0. The van der Waals surface area contributed by atoms with Crippen LogP contribution in [0.15, 0.2) is 0 Å². The molecule has 3 heteroatoms. The summed E-state index contributed by atoms with van der Waals surface area (Å²) in [5.74, 6) is 6.48. The van der Waals surface area contributed by atoms with Gasteiger partial charge in [-0.3, -0.25) is 0 Å². The highest BCUT2D eigenvalue weighted by Crippen LogP contribution is 2.39. The summed E-state index contributed by atoms with van der Waals surface area (Å²) in [7, 11) is -0.364. The minimum atomic E-state index is -0.364. The van der Waals surface area contributed by atoms with E-state index in [0.717, 1.165) is 6.42 Å². The minimum Gasteiger partial charge on any atom is -0.392 e. The second-order valence-corrected chi connectivity index (χ2v) is 7.46. The molecule has 2 nitrogen and oxygen atoms in total. The Balaban J connectivity index is 1.91. The molecule has 0 radical (unpaired) electrons. The third-order valence-electron chi connectivity index (χ3n) is 5.05. The summed E-state index contributed by atoms with van der Waals surface area (Å²) in [5, 5.41) is 0. The lowest BCUT2D eigenvalue weighted by atomic mass is 9.73. The zero-order valence-corrected chi connectivity index (χ0v) is 13.1. The number of hydrogen-bond donors (Lipinski definition) is 0. The average Bonchev–Trinajstić information content (AvgIpc) is 2.48. The van der Waals surface area contributed by atoms with Crippen molar-refractivity contribution in [2.75, 3.05) is 0 Å². The molecule has 1 saturated heterocycles. The standard InChI is InChI=1S/C16H27BO2/c1-14(2)15(3,4)19-17(18-14)13-9-12-16(5)10-7-6-8-11-16/h6-8,10-12H2,1-5H3. The fourth-order valence-electron chi connectivity index (χ4n) is 2.83. The Morgan fingerprint density at radius 3 is 1.95 bits per heavy atom. The predicted molar refractivity (Wildman–Crippen MR) is 79.7 cm³/mol. The molecular formula is C16H27BO2. The van der Waals surface area contributed by atoms with E-state index < -0.39 is 0 Å². The molecule has 106 valence electrons. The first-order chi connectivity index (χ1) is 8.74. The van der Waals surface area contributed by atoms with E-state index in [1.54, 1.807) is 0 Å². The normalized spacial score (nSPS) is 27.7. The van der Waals surface area contributed by atoms with Crippen LogP contribution in [0.4, 0.5) is 0 Å². The molecule has 0 unspecified atom stereocenters. The van der Waals surface area contributed by atoms with Crippen molar-refractivity contribution < 1.29 is 9.31 Å². The molecule has 1 saturated carbocycles. The first kappa shape index (κ1) is 14.9. The van der Waals surface area contributed by atoms with Crippen LogP contribution >= 0.6 is 0 Å². The van der Waals surface area contributed by atoms with Gasteiger partial charge in [-0.2, -0.15) is 0 Å². The summed E-state index contributed by atoms with van der Waals surface area (Å²) >= 11 is 0. The molecule has 1 aliphatic heterocycles. The van der Waals surface area contributed by atoms with Crippen molar-refractivity contribution in [3.05, 3.63) is 0 Å². The molecule has 1 heterocycles. The van der Waals surface area contributed by atoms with Crippen molar-refractivity contribution in [2.45, 2.75) is 84.3 Å². The van der Waals surface area contributed by atoms with Gasteiger partial charge in [0.25, 0.3) is 0 Å². The van der Waals surface area contributed by atoms with E-state index >= 15 is 0 Å². The van der Waals surface area contributed by atoms with Gasteiger partial charge in [0.1, 0.15) is 0 Å². The van der Waals surface area contributed by atoms with E-state index in [0.29, 0.717) is 5.41 Å². The van der Waals surface area contributed by atoms with Crippen LogP contribution in [-0.2, 0) is 9.31 Å². The maximum atomic E-state index is 5.89. The quantitative estimate of drug-likeness (QED) is 0.525. The highest BCUT2D eigenvalue weighted by molar-refractivity contribution is 6.55. The third kappa shape index (κ3) is 3.36. The van der Waals surface area contributed by atoms with Crippen molar-refractivity contribution in [1.29, 1.82) is 0 Å². The van der Waals surface area contributed by atoms with E-state index in [-0.39, 0.29) is 18.3 Å². The highest BCUT2D eigenvalue weighted by atomic mass is 16.7. The second-order valence-electron chi connectivity index (χ2n) is 7.46. The van der Waals surface area contributed by atoms with Crippen LogP contribution in [0.25, 0.3) is 0 Å². The SMILES string of the molecule is CC1(CC#CB2OC(C)(C)C(C)(C)O2)CCCCC1. The molecule has 0 aromatic rings. The first-order valence-electron chi connectivity index (χ1n) is 7.58. The van der Waals surface area contributed by atoms with Crippen molar-refractivity contribution in [2.24, 2.45) is 5.41 Å². The van der Waals surface area contributed by atoms with E-state index in [2.05, 4.69) is 46.4 Å². The Kier molecular flexibility index (Phi) is 4.05. The van der Waals surface area contributed by atoms with Crippen LogP contribution in [0.3, 0.4) is 0 Å². The second kappa shape index (κ2) is 5.15. The molecule has 2 rings (SSSR count). The Labute approximate surface area is 118 Å². The predicted octanol–water partition coefficient (Wildman–Crippen LogP) is 3.98. The van der Waals surface area contributed by atoms with Crippen LogP contribution < -0.4 is 0 Å². The fourth-order valence-corrected chi connectivity index (χ4v) is 2.83. The molecular weight excluding hydrogens is 235 g/mol. The lowest BCUT2D eigenvalue weighted by Gasteiger charge is -2.32. The van der Waals surface area contributed by atoms with Gasteiger partial charge in [0.15, 0.2) is 0 Å². The van der Waals surface area contributed by atoms with Crippen LogP contribution in [0.1, 0.15) is 73.1 Å². The molecule has 0 spiro atoms. The summed E-state index contributed by atoms with van der Waals surface area (Å²) in [6.07, 6.45) is 7.69. The zero-order chi connectivity index (χ0) is 14.1. The largest absolute Gasteiger partial charge is 0.551 e. The molecule has 0 N–H and O–H groups in total. The summed E-state index contributed by atoms with van der Waals surface area (Å²) in [6, 6.07) is 0. The molecule has 0 aromatic carbocycles. The van der Waals surface area contributed by atoms with Gasteiger partial charge in [0.2, 0.25) is 0 Å². The average molecular weight is 262 g/mol. The molecule has 0 bridgehead atoms. The zero-order valence-electron chi connectivity index (χ0n) is 13.1. The van der Waals surface area contributed by atoms with Crippen LogP contribution in [0.5, 0.6) is 0 Å². The van der Waals surface area contributed by atoms with Gasteiger partial charge in [-0.05, 0) is 46.0 Å². The van der Waals surface area contributed by atoms with E-state index in [9.17, 15) is 0 Å². The molecule has 0 amide bonds. The van der Waals surface area contributed by atoms with Gasteiger partial charge < -0.3 is 9.31 Å². The number of rotatable bonds is 1. The van der Waals surface area contributed by atoms with Gasteiger partial charge >= 0.3 is 7.12 Å². The summed E-state index contributed by atoms with van der Waals surface area (Å²) in [5.41, 5.74) is -0.142. The summed E-state index contributed by atoms with van der Waals surface area (Å²) < 4.78 is 11.8. The van der Waals surface area contributed by atoms with Gasteiger partial charge in [0, 0.05) is 6.42 Å². The van der Waals surface area contributed by atoms with Gasteiger partial charge in [-0.15, -0.1) is 5.92 Å². The van der Waals surface area contributed by atoms with E-state index in [4.69, 9.17) is 9.31 Å². The monoisotopic (exact) mass is 262 g/mol. The van der Waals surface area contributed by atoms with Gasteiger partial charge in [-0.1, -0.05) is 32.0 Å². The van der Waals surface area contributed by atoms with Gasteiger partial charge in [-0.25, -0.2) is 0 Å². The Bertz CT molecular complexity index is 367. The lowest BCUT2D eigenvalue weighted by Crippen LogP contribution is -2.41. The molecule has 0 aromatic heterocycles. The van der Waals surface area contributed by atoms with Crippen LogP contribution in [0, 0.1) is 17.2 Å². The van der Waals surface area contributed by atoms with Crippen LogP contribution in [-0.4, -0.2) is 18.3 Å². The maximum Gasteiger partial charge on any atom is 0.551 e. The van der Waals surface area contributed by atoms with Crippen LogP contribution in [0.2, 0.25) is 0 Å². The fraction of sp³-hybridized carbons (Fsp3) is 0.875. The lowest BCUT2D eigenvalue weighted by molar-refractivity contribution is 0.00578. The van der Waals surface area contributed by atoms with Crippen molar-refractivity contribution in [1.82, 2.24) is 0 Å². The van der Waals surface area contributed by atoms with E-state index in [1.165, 1.54) is 32.1 Å². The Hall–Kier alpha value is -0.455.